The molecule has 0 saturated carbocycles. The summed E-state index contributed by atoms with van der Waals surface area (Å²) in [5.41, 5.74) is 2.87. The summed E-state index contributed by atoms with van der Waals surface area (Å²) in [4.78, 5) is 12.2. The number of carbonyl (C=O) groups excluding carboxylic acids is 1. The number of carbonyl (C=O) groups is 1. The highest BCUT2D eigenvalue weighted by atomic mass is 32.2. The minimum Gasteiger partial charge on any atom is -0.352 e. The van der Waals surface area contributed by atoms with Crippen molar-refractivity contribution < 1.29 is 4.79 Å². The Labute approximate surface area is 184 Å². The Bertz CT molecular complexity index is 1170. The maximum Gasteiger partial charge on any atom is 0.221 e. The molecule has 0 aliphatic carbocycles. The van der Waals surface area contributed by atoms with Crippen molar-refractivity contribution >= 4 is 28.7 Å². The highest BCUT2D eigenvalue weighted by Gasteiger charge is 2.15. The van der Waals surface area contributed by atoms with Gasteiger partial charge in [0.2, 0.25) is 5.91 Å². The summed E-state index contributed by atoms with van der Waals surface area (Å²) >= 11 is 1.51. The number of thioether (sulfide) groups is 1. The predicted octanol–water partition coefficient (Wildman–Crippen LogP) is 3.06. The molecule has 31 heavy (non-hydrogen) atoms. The summed E-state index contributed by atoms with van der Waals surface area (Å²) in [5.74, 6) is 1.40. The molecule has 2 heterocycles. The number of fused-ring (bicyclic) bond motifs is 1. The van der Waals surface area contributed by atoms with Crippen LogP contribution in [0.5, 0.6) is 0 Å². The molecule has 0 atom stereocenters. The molecule has 9 heteroatoms. The number of allylic oxidation sites excluding steroid dienone is 1. The third-order valence-corrected chi connectivity index (χ3v) is 5.68. The fourth-order valence-corrected chi connectivity index (χ4v) is 4.05. The number of aromatic nitrogens is 6. The summed E-state index contributed by atoms with van der Waals surface area (Å²) < 4.78 is 3.81. The van der Waals surface area contributed by atoms with Gasteiger partial charge in [-0.25, -0.2) is 4.68 Å². The van der Waals surface area contributed by atoms with Crippen molar-refractivity contribution in [3.63, 3.8) is 0 Å². The number of rotatable bonds is 10. The van der Waals surface area contributed by atoms with Crippen molar-refractivity contribution in [1.82, 2.24) is 35.1 Å². The lowest BCUT2D eigenvalue weighted by Crippen LogP contribution is -2.23. The molecule has 0 bridgehead atoms. The van der Waals surface area contributed by atoms with E-state index in [9.17, 15) is 4.79 Å². The number of nitrogens with zero attached hydrogens (tertiary/aromatic N) is 6. The molecule has 0 unspecified atom stereocenters. The van der Waals surface area contributed by atoms with Gasteiger partial charge in [0.1, 0.15) is 12.1 Å². The predicted molar refractivity (Wildman–Crippen MR) is 120 cm³/mol. The first-order valence-electron chi connectivity index (χ1n) is 9.99. The van der Waals surface area contributed by atoms with Crippen LogP contribution in [0.4, 0.5) is 0 Å². The lowest BCUT2D eigenvalue weighted by atomic mass is 10.2. The zero-order valence-corrected chi connectivity index (χ0v) is 17.8. The molecule has 0 radical (unpaired) electrons. The fraction of sp³-hybridized carbons (Fsp3) is 0.227. The molecule has 4 rings (SSSR count). The van der Waals surface area contributed by atoms with E-state index in [0.29, 0.717) is 31.8 Å². The molecule has 158 valence electrons. The SMILES string of the molecule is C=CCn1c(Cn2nnc3ccccc32)nnc1SCCC(=O)NCc1ccccc1. The van der Waals surface area contributed by atoms with E-state index in [0.717, 1.165) is 27.6 Å². The highest BCUT2D eigenvalue weighted by molar-refractivity contribution is 7.99. The van der Waals surface area contributed by atoms with Crippen molar-refractivity contribution in [3.05, 3.63) is 78.6 Å². The molecular formula is C22H23N7OS. The van der Waals surface area contributed by atoms with Crippen LogP contribution in [0.3, 0.4) is 0 Å². The van der Waals surface area contributed by atoms with Gasteiger partial charge in [0, 0.05) is 25.3 Å². The maximum atomic E-state index is 12.2. The van der Waals surface area contributed by atoms with Gasteiger partial charge >= 0.3 is 0 Å². The van der Waals surface area contributed by atoms with E-state index in [-0.39, 0.29) is 5.91 Å². The van der Waals surface area contributed by atoms with E-state index in [2.05, 4.69) is 32.4 Å². The second-order valence-electron chi connectivity index (χ2n) is 6.89. The average molecular weight is 434 g/mol. The molecule has 8 nitrogen and oxygen atoms in total. The Hall–Kier alpha value is -3.46. The molecule has 1 N–H and O–H groups in total. The first-order chi connectivity index (χ1) is 15.2. The summed E-state index contributed by atoms with van der Waals surface area (Å²) in [7, 11) is 0. The largest absolute Gasteiger partial charge is 0.352 e. The Kier molecular flexibility index (Phi) is 6.73. The summed E-state index contributed by atoms with van der Waals surface area (Å²) in [5, 5.41) is 20.8. The Morgan fingerprint density at radius 3 is 2.71 bits per heavy atom. The van der Waals surface area contributed by atoms with Gasteiger partial charge < -0.3 is 9.88 Å². The number of amides is 1. The second kappa shape index (κ2) is 10.0. The molecular weight excluding hydrogens is 410 g/mol. The first kappa shape index (κ1) is 20.8. The van der Waals surface area contributed by atoms with E-state index in [1.807, 2.05) is 69.9 Å². The van der Waals surface area contributed by atoms with Crippen LogP contribution in [-0.4, -0.2) is 41.4 Å². The minimum absolute atomic E-state index is 0.0143. The van der Waals surface area contributed by atoms with Crippen LogP contribution < -0.4 is 5.32 Å². The van der Waals surface area contributed by atoms with Crippen molar-refractivity contribution in [3.8, 4) is 0 Å². The van der Waals surface area contributed by atoms with Crippen molar-refractivity contribution in [2.45, 2.75) is 31.2 Å². The fourth-order valence-electron chi connectivity index (χ4n) is 3.14. The van der Waals surface area contributed by atoms with E-state index in [1.54, 1.807) is 0 Å². The molecule has 0 aliphatic heterocycles. The number of benzene rings is 2. The Morgan fingerprint density at radius 2 is 1.87 bits per heavy atom. The number of nitrogens with one attached hydrogen (secondary N) is 1. The lowest BCUT2D eigenvalue weighted by Gasteiger charge is -2.08. The quantitative estimate of drug-likeness (QED) is 0.305. The smallest absolute Gasteiger partial charge is 0.221 e. The second-order valence-corrected chi connectivity index (χ2v) is 7.96. The third-order valence-electron chi connectivity index (χ3n) is 4.71. The zero-order chi connectivity index (χ0) is 21.5. The van der Waals surface area contributed by atoms with Crippen LogP contribution in [0.1, 0.15) is 17.8 Å². The third kappa shape index (κ3) is 5.18. The van der Waals surface area contributed by atoms with Crippen LogP contribution >= 0.6 is 11.8 Å². The van der Waals surface area contributed by atoms with Gasteiger partial charge in [0.15, 0.2) is 11.0 Å². The Morgan fingerprint density at radius 1 is 1.06 bits per heavy atom. The summed E-state index contributed by atoms with van der Waals surface area (Å²) in [6, 6.07) is 17.7. The molecule has 1 amide bonds. The molecule has 2 aromatic carbocycles. The van der Waals surface area contributed by atoms with Crippen molar-refractivity contribution in [2.24, 2.45) is 0 Å². The minimum atomic E-state index is 0.0143. The van der Waals surface area contributed by atoms with E-state index in [1.165, 1.54) is 11.8 Å². The van der Waals surface area contributed by atoms with Gasteiger partial charge in [0.25, 0.3) is 0 Å². The molecule has 4 aromatic rings. The molecule has 0 fully saturated rings. The van der Waals surface area contributed by atoms with Crippen LogP contribution in [0.15, 0.2) is 72.4 Å². The number of hydrogen-bond acceptors (Lipinski definition) is 6. The van der Waals surface area contributed by atoms with Gasteiger partial charge in [0.05, 0.1) is 5.52 Å². The lowest BCUT2D eigenvalue weighted by molar-refractivity contribution is -0.120. The van der Waals surface area contributed by atoms with Gasteiger partial charge in [-0.1, -0.05) is 65.5 Å². The zero-order valence-electron chi connectivity index (χ0n) is 17.0. The first-order valence-corrected chi connectivity index (χ1v) is 11.0. The van der Waals surface area contributed by atoms with Crippen molar-refractivity contribution in [1.29, 1.82) is 0 Å². The molecule has 0 saturated heterocycles. The molecule has 0 spiro atoms. The number of para-hydroxylation sites is 1. The molecule has 0 aliphatic rings. The summed E-state index contributed by atoms with van der Waals surface area (Å²) in [6.07, 6.45) is 2.21. The number of hydrogen-bond donors (Lipinski definition) is 1. The highest BCUT2D eigenvalue weighted by Crippen LogP contribution is 2.19. The standard InChI is InChI=1S/C22H23N7OS/c1-2-13-28-20(16-29-19-11-7-6-10-18(19)24-27-29)25-26-22(28)31-14-12-21(30)23-15-17-8-4-3-5-9-17/h2-11H,1,12-16H2,(H,23,30). The monoisotopic (exact) mass is 433 g/mol. The van der Waals surface area contributed by atoms with E-state index < -0.39 is 0 Å². The van der Waals surface area contributed by atoms with Gasteiger partial charge in [-0.3, -0.25) is 4.79 Å². The maximum absolute atomic E-state index is 12.2. The topological polar surface area (TPSA) is 90.5 Å². The Balaban J connectivity index is 1.36. The van der Waals surface area contributed by atoms with Crippen molar-refractivity contribution in [2.75, 3.05) is 5.75 Å². The molecule has 2 aromatic heterocycles. The van der Waals surface area contributed by atoms with Gasteiger partial charge in [-0.05, 0) is 17.7 Å². The normalized spacial score (nSPS) is 11.0. The van der Waals surface area contributed by atoms with Crippen LogP contribution in [0, 0.1) is 0 Å². The summed E-state index contributed by atoms with van der Waals surface area (Å²) in [6.45, 7) is 5.42. The van der Waals surface area contributed by atoms with Crippen LogP contribution in [0.2, 0.25) is 0 Å². The van der Waals surface area contributed by atoms with Crippen LogP contribution in [0.25, 0.3) is 11.0 Å². The van der Waals surface area contributed by atoms with Gasteiger partial charge in [-0.2, -0.15) is 0 Å². The van der Waals surface area contributed by atoms with E-state index in [4.69, 9.17) is 0 Å². The van der Waals surface area contributed by atoms with Crippen LogP contribution in [-0.2, 0) is 24.4 Å². The van der Waals surface area contributed by atoms with Gasteiger partial charge in [-0.15, -0.1) is 21.9 Å². The average Bonchev–Trinajstić information content (AvgIpc) is 3.38. The van der Waals surface area contributed by atoms with E-state index >= 15 is 0 Å².